The molecule has 3 heterocycles. The minimum Gasteiger partial charge on any atom is -0.329 e. The van der Waals surface area contributed by atoms with Gasteiger partial charge in [-0.1, -0.05) is 6.07 Å². The van der Waals surface area contributed by atoms with E-state index in [0.717, 1.165) is 31.2 Å². The van der Waals surface area contributed by atoms with Crippen LogP contribution in [0.25, 0.3) is 0 Å². The molecule has 0 saturated carbocycles. The lowest BCUT2D eigenvalue weighted by atomic mass is 9.98. The van der Waals surface area contributed by atoms with Gasteiger partial charge in [-0.25, -0.2) is 4.98 Å². The van der Waals surface area contributed by atoms with E-state index in [2.05, 4.69) is 15.0 Å². The van der Waals surface area contributed by atoms with Gasteiger partial charge in [0.1, 0.15) is 5.69 Å². The highest BCUT2D eigenvalue weighted by Crippen LogP contribution is 2.30. The van der Waals surface area contributed by atoms with Crippen LogP contribution in [-0.2, 0) is 0 Å². The zero-order valence-corrected chi connectivity index (χ0v) is 11.5. The standard InChI is InChI=1S/C15H16N4O2/c20-14-10-17-12(9-18-14)15(21)19-8-4-2-6-13(19)11-5-1-3-7-16-11/h1,3,5,7,9-10,13H,2,4,6,8H2,(H,18,20)/t13-/m1/s1. The van der Waals surface area contributed by atoms with E-state index in [1.165, 1.54) is 6.20 Å². The molecule has 6 heteroatoms. The zero-order valence-electron chi connectivity index (χ0n) is 11.5. The third-order valence-corrected chi connectivity index (χ3v) is 3.68. The number of hydrogen-bond acceptors (Lipinski definition) is 4. The van der Waals surface area contributed by atoms with Crippen molar-refractivity contribution in [1.29, 1.82) is 0 Å². The fourth-order valence-electron chi connectivity index (χ4n) is 2.66. The monoisotopic (exact) mass is 284 g/mol. The first-order valence-electron chi connectivity index (χ1n) is 7.02. The predicted octanol–water partition coefficient (Wildman–Crippen LogP) is 1.53. The number of pyridine rings is 1. The molecule has 3 rings (SSSR count). The number of aromatic amines is 1. The van der Waals surface area contributed by atoms with E-state index in [1.54, 1.807) is 11.1 Å². The van der Waals surface area contributed by atoms with Crippen molar-refractivity contribution < 1.29 is 4.79 Å². The zero-order chi connectivity index (χ0) is 14.7. The molecule has 1 amide bonds. The van der Waals surface area contributed by atoms with Crippen LogP contribution >= 0.6 is 0 Å². The van der Waals surface area contributed by atoms with E-state index in [9.17, 15) is 9.59 Å². The molecular weight excluding hydrogens is 268 g/mol. The molecule has 0 bridgehead atoms. The number of nitrogens with one attached hydrogen (secondary N) is 1. The molecule has 1 N–H and O–H groups in total. The second kappa shape index (κ2) is 5.87. The number of amides is 1. The van der Waals surface area contributed by atoms with E-state index in [0.29, 0.717) is 6.54 Å². The fourth-order valence-corrected chi connectivity index (χ4v) is 2.66. The van der Waals surface area contributed by atoms with Gasteiger partial charge in [0, 0.05) is 18.9 Å². The second-order valence-electron chi connectivity index (χ2n) is 5.06. The minimum atomic E-state index is -0.313. The molecular formula is C15H16N4O2. The molecule has 2 aromatic rings. The summed E-state index contributed by atoms with van der Waals surface area (Å²) in [5, 5.41) is 0. The Morgan fingerprint density at radius 1 is 1.29 bits per heavy atom. The summed E-state index contributed by atoms with van der Waals surface area (Å²) in [6.07, 6.45) is 7.18. The average molecular weight is 284 g/mol. The first-order valence-corrected chi connectivity index (χ1v) is 7.02. The summed E-state index contributed by atoms with van der Waals surface area (Å²) in [6, 6.07) is 5.71. The van der Waals surface area contributed by atoms with Gasteiger partial charge in [-0.2, -0.15) is 0 Å². The SMILES string of the molecule is O=C(c1c[nH]c(=O)cn1)N1CCCC[C@@H]1c1ccccn1. The molecule has 21 heavy (non-hydrogen) atoms. The molecule has 1 aliphatic heterocycles. The second-order valence-corrected chi connectivity index (χ2v) is 5.06. The molecule has 6 nitrogen and oxygen atoms in total. The maximum Gasteiger partial charge on any atom is 0.274 e. The van der Waals surface area contributed by atoms with E-state index in [1.807, 2.05) is 18.2 Å². The number of aromatic nitrogens is 3. The van der Waals surface area contributed by atoms with Gasteiger partial charge in [0.25, 0.3) is 11.5 Å². The molecule has 108 valence electrons. The summed E-state index contributed by atoms with van der Waals surface area (Å²) in [6.45, 7) is 0.681. The molecule has 1 fully saturated rings. The minimum absolute atomic E-state index is 0.0267. The van der Waals surface area contributed by atoms with Crippen molar-refractivity contribution in [2.75, 3.05) is 6.54 Å². The normalized spacial score (nSPS) is 18.5. The van der Waals surface area contributed by atoms with Gasteiger partial charge < -0.3 is 9.88 Å². The number of H-pyrrole nitrogens is 1. The molecule has 1 aliphatic rings. The Kier molecular flexibility index (Phi) is 3.77. The van der Waals surface area contributed by atoms with Crippen molar-refractivity contribution in [2.24, 2.45) is 0 Å². The summed E-state index contributed by atoms with van der Waals surface area (Å²) < 4.78 is 0. The molecule has 0 unspecified atom stereocenters. The first kappa shape index (κ1) is 13.5. The number of carbonyl (C=O) groups excluding carboxylic acids is 1. The Morgan fingerprint density at radius 3 is 2.90 bits per heavy atom. The number of likely N-dealkylation sites (tertiary alicyclic amines) is 1. The van der Waals surface area contributed by atoms with Crippen LogP contribution in [0.1, 0.15) is 41.5 Å². The smallest absolute Gasteiger partial charge is 0.274 e. The molecule has 2 aromatic heterocycles. The first-order chi connectivity index (χ1) is 10.3. The largest absolute Gasteiger partial charge is 0.329 e. The van der Waals surface area contributed by atoms with Gasteiger partial charge in [-0.05, 0) is 31.4 Å². The third-order valence-electron chi connectivity index (χ3n) is 3.68. The lowest BCUT2D eigenvalue weighted by Gasteiger charge is -2.35. The van der Waals surface area contributed by atoms with Crippen molar-refractivity contribution in [2.45, 2.75) is 25.3 Å². The lowest BCUT2D eigenvalue weighted by Crippen LogP contribution is -2.39. The van der Waals surface area contributed by atoms with Gasteiger partial charge in [0.15, 0.2) is 0 Å². The van der Waals surface area contributed by atoms with Crippen LogP contribution < -0.4 is 5.56 Å². The number of piperidine rings is 1. The van der Waals surface area contributed by atoms with Crippen molar-refractivity contribution in [3.8, 4) is 0 Å². The number of hydrogen-bond donors (Lipinski definition) is 1. The van der Waals surface area contributed by atoms with E-state index in [4.69, 9.17) is 0 Å². The van der Waals surface area contributed by atoms with Crippen molar-refractivity contribution >= 4 is 5.91 Å². The topological polar surface area (TPSA) is 79.0 Å². The third kappa shape index (κ3) is 2.84. The van der Waals surface area contributed by atoms with Gasteiger partial charge in [-0.3, -0.25) is 14.6 Å². The van der Waals surface area contributed by atoms with Crippen LogP contribution in [0, 0.1) is 0 Å². The quantitative estimate of drug-likeness (QED) is 0.907. The maximum atomic E-state index is 12.6. The number of carbonyl (C=O) groups is 1. The summed E-state index contributed by atoms with van der Waals surface area (Å²) in [4.78, 5) is 36.3. The molecule has 1 saturated heterocycles. The Morgan fingerprint density at radius 2 is 2.19 bits per heavy atom. The van der Waals surface area contributed by atoms with Crippen LogP contribution in [0.15, 0.2) is 41.6 Å². The van der Waals surface area contributed by atoms with Crippen molar-refractivity contribution in [1.82, 2.24) is 19.9 Å². The van der Waals surface area contributed by atoms with Crippen LogP contribution in [-0.4, -0.2) is 32.3 Å². The number of nitrogens with zero attached hydrogens (tertiary/aromatic N) is 3. The molecule has 1 atom stereocenters. The van der Waals surface area contributed by atoms with E-state index in [-0.39, 0.29) is 23.2 Å². The molecule has 0 aliphatic carbocycles. The summed E-state index contributed by atoms with van der Waals surface area (Å²) >= 11 is 0. The average Bonchev–Trinajstić information content (AvgIpc) is 2.56. The predicted molar refractivity (Wildman–Crippen MR) is 76.7 cm³/mol. The molecule has 0 radical (unpaired) electrons. The van der Waals surface area contributed by atoms with Gasteiger partial charge in [-0.15, -0.1) is 0 Å². The van der Waals surface area contributed by atoms with Crippen molar-refractivity contribution in [3.63, 3.8) is 0 Å². The Labute approximate surface area is 121 Å². The highest BCUT2D eigenvalue weighted by molar-refractivity contribution is 5.92. The lowest BCUT2D eigenvalue weighted by molar-refractivity contribution is 0.0599. The van der Waals surface area contributed by atoms with Gasteiger partial charge >= 0.3 is 0 Å². The molecule has 0 aromatic carbocycles. The molecule has 0 spiro atoms. The van der Waals surface area contributed by atoms with E-state index >= 15 is 0 Å². The van der Waals surface area contributed by atoms with Crippen molar-refractivity contribution in [3.05, 3.63) is 58.5 Å². The summed E-state index contributed by atoms with van der Waals surface area (Å²) in [5.74, 6) is -0.165. The van der Waals surface area contributed by atoms with Crippen LogP contribution in [0.3, 0.4) is 0 Å². The fraction of sp³-hybridized carbons (Fsp3) is 0.333. The van der Waals surface area contributed by atoms with Crippen LogP contribution in [0.4, 0.5) is 0 Å². The van der Waals surface area contributed by atoms with Gasteiger partial charge in [0.05, 0.1) is 17.9 Å². The Balaban J connectivity index is 1.89. The summed E-state index contributed by atoms with van der Waals surface area (Å²) in [5.41, 5.74) is 0.846. The highest BCUT2D eigenvalue weighted by Gasteiger charge is 2.30. The van der Waals surface area contributed by atoms with E-state index < -0.39 is 0 Å². The van der Waals surface area contributed by atoms with Crippen LogP contribution in [0.5, 0.6) is 0 Å². The van der Waals surface area contributed by atoms with Crippen LogP contribution in [0.2, 0.25) is 0 Å². The summed E-state index contributed by atoms with van der Waals surface area (Å²) in [7, 11) is 0. The number of rotatable bonds is 2. The maximum absolute atomic E-state index is 12.6. The van der Waals surface area contributed by atoms with Gasteiger partial charge in [0.2, 0.25) is 0 Å². The Bertz CT molecular complexity index is 663. The Hall–Kier alpha value is -2.50. The highest BCUT2D eigenvalue weighted by atomic mass is 16.2.